The van der Waals surface area contributed by atoms with Crippen LogP contribution in [0.15, 0.2) is 0 Å². The monoisotopic (exact) mass is 236 g/mol. The minimum absolute atomic E-state index is 0. The highest BCUT2D eigenvalue weighted by Crippen LogP contribution is 2.02. The summed E-state index contributed by atoms with van der Waals surface area (Å²) >= 11 is 0. The number of piperidine rings is 1. The van der Waals surface area contributed by atoms with Crippen molar-refractivity contribution >= 4 is 18.3 Å². The highest BCUT2D eigenvalue weighted by molar-refractivity contribution is 5.85. The third-order valence-corrected chi connectivity index (χ3v) is 2.43. The van der Waals surface area contributed by atoms with Gasteiger partial charge in [0.05, 0.1) is 0 Å². The summed E-state index contributed by atoms with van der Waals surface area (Å²) in [5, 5.41) is 6.23. The van der Waals surface area contributed by atoms with Crippen LogP contribution in [-0.2, 0) is 9.53 Å². The van der Waals surface area contributed by atoms with Gasteiger partial charge in [0, 0.05) is 19.2 Å². The van der Waals surface area contributed by atoms with E-state index in [1.807, 2.05) is 6.92 Å². The molecule has 2 N–H and O–H groups in total. The quantitative estimate of drug-likeness (QED) is 0.756. The predicted octanol–water partition coefficient (Wildman–Crippen LogP) is 0.701. The summed E-state index contributed by atoms with van der Waals surface area (Å²) in [5.41, 5.74) is 0. The van der Waals surface area contributed by atoms with Crippen molar-refractivity contribution in [1.82, 2.24) is 10.6 Å². The van der Waals surface area contributed by atoms with Gasteiger partial charge in [-0.05, 0) is 33.2 Å². The van der Waals surface area contributed by atoms with Gasteiger partial charge in [-0.25, -0.2) is 0 Å². The van der Waals surface area contributed by atoms with Gasteiger partial charge >= 0.3 is 0 Å². The van der Waals surface area contributed by atoms with Gasteiger partial charge < -0.3 is 15.4 Å². The summed E-state index contributed by atoms with van der Waals surface area (Å²) in [5.74, 6) is 0.000509. The lowest BCUT2D eigenvalue weighted by Crippen LogP contribution is -2.48. The van der Waals surface area contributed by atoms with Crippen LogP contribution in [0.25, 0.3) is 0 Å². The van der Waals surface area contributed by atoms with Crippen LogP contribution in [0.1, 0.15) is 26.7 Å². The van der Waals surface area contributed by atoms with Gasteiger partial charge in [0.2, 0.25) is 5.91 Å². The average molecular weight is 237 g/mol. The van der Waals surface area contributed by atoms with Crippen molar-refractivity contribution in [1.29, 1.82) is 0 Å². The molecule has 1 aliphatic heterocycles. The standard InChI is InChI=1S/C10H20N2O2.ClH/c1-3-14-8(2)10(13)12-9-5-4-6-11-7-9;/h8-9,11H,3-7H2,1-2H3,(H,12,13);1H/t8?,9-;/m1./s1. The maximum absolute atomic E-state index is 11.5. The van der Waals surface area contributed by atoms with E-state index in [1.165, 1.54) is 0 Å². The van der Waals surface area contributed by atoms with Crippen LogP contribution < -0.4 is 10.6 Å². The molecule has 0 aromatic carbocycles. The SMILES string of the molecule is CCOC(C)C(=O)N[C@@H]1CCCNC1.Cl. The molecule has 1 saturated heterocycles. The molecule has 15 heavy (non-hydrogen) atoms. The van der Waals surface area contributed by atoms with E-state index in [-0.39, 0.29) is 30.5 Å². The Balaban J connectivity index is 0.00000196. The number of ether oxygens (including phenoxy) is 1. The molecule has 0 spiro atoms. The molecule has 0 aromatic rings. The van der Waals surface area contributed by atoms with E-state index in [2.05, 4.69) is 10.6 Å². The van der Waals surface area contributed by atoms with Crippen molar-refractivity contribution in [3.05, 3.63) is 0 Å². The first-order chi connectivity index (χ1) is 6.74. The van der Waals surface area contributed by atoms with Crippen molar-refractivity contribution in [3.8, 4) is 0 Å². The smallest absolute Gasteiger partial charge is 0.249 e. The summed E-state index contributed by atoms with van der Waals surface area (Å²) < 4.78 is 5.21. The Morgan fingerprint density at radius 3 is 2.93 bits per heavy atom. The van der Waals surface area contributed by atoms with E-state index in [0.29, 0.717) is 6.61 Å². The number of hydrogen-bond donors (Lipinski definition) is 2. The molecule has 4 nitrogen and oxygen atoms in total. The molecule has 90 valence electrons. The molecule has 0 aromatic heterocycles. The fraction of sp³-hybridized carbons (Fsp3) is 0.900. The normalized spacial score (nSPS) is 22.7. The Bertz CT molecular complexity index is 184. The zero-order valence-corrected chi connectivity index (χ0v) is 10.2. The Labute approximate surface area is 97.5 Å². The van der Waals surface area contributed by atoms with Crippen LogP contribution in [0.4, 0.5) is 0 Å². The largest absolute Gasteiger partial charge is 0.369 e. The topological polar surface area (TPSA) is 50.4 Å². The molecular formula is C10H21ClN2O2. The van der Waals surface area contributed by atoms with Crippen molar-refractivity contribution in [3.63, 3.8) is 0 Å². The summed E-state index contributed by atoms with van der Waals surface area (Å²) in [6.07, 6.45) is 1.87. The van der Waals surface area contributed by atoms with E-state index < -0.39 is 0 Å². The Hall–Kier alpha value is -0.320. The molecule has 0 aliphatic carbocycles. The molecule has 2 atom stereocenters. The number of amides is 1. The van der Waals surface area contributed by atoms with Crippen LogP contribution in [-0.4, -0.2) is 37.7 Å². The van der Waals surface area contributed by atoms with Crippen LogP contribution in [0, 0.1) is 0 Å². The van der Waals surface area contributed by atoms with Gasteiger partial charge in [0.25, 0.3) is 0 Å². The molecule has 0 bridgehead atoms. The Kier molecular flexibility index (Phi) is 7.74. The van der Waals surface area contributed by atoms with Crippen LogP contribution in [0.3, 0.4) is 0 Å². The Morgan fingerprint density at radius 2 is 2.40 bits per heavy atom. The van der Waals surface area contributed by atoms with Crippen LogP contribution in [0.5, 0.6) is 0 Å². The van der Waals surface area contributed by atoms with Crippen LogP contribution in [0.2, 0.25) is 0 Å². The third kappa shape index (κ3) is 5.35. The fourth-order valence-corrected chi connectivity index (χ4v) is 1.62. The first-order valence-corrected chi connectivity index (χ1v) is 5.36. The van der Waals surface area contributed by atoms with Gasteiger partial charge in [0.1, 0.15) is 6.10 Å². The number of halogens is 1. The molecular weight excluding hydrogens is 216 g/mol. The summed E-state index contributed by atoms with van der Waals surface area (Å²) in [6.45, 7) is 6.20. The van der Waals surface area contributed by atoms with E-state index in [1.54, 1.807) is 6.92 Å². The van der Waals surface area contributed by atoms with E-state index in [4.69, 9.17) is 4.74 Å². The van der Waals surface area contributed by atoms with Gasteiger partial charge in [-0.15, -0.1) is 12.4 Å². The van der Waals surface area contributed by atoms with E-state index in [9.17, 15) is 4.79 Å². The summed E-state index contributed by atoms with van der Waals surface area (Å²) in [4.78, 5) is 11.5. The minimum atomic E-state index is -0.332. The van der Waals surface area contributed by atoms with Crippen LogP contribution >= 0.6 is 12.4 Å². The predicted molar refractivity (Wildman–Crippen MR) is 62.4 cm³/mol. The minimum Gasteiger partial charge on any atom is -0.369 e. The summed E-state index contributed by atoms with van der Waals surface area (Å²) in [6, 6.07) is 0.277. The molecule has 1 heterocycles. The highest BCUT2D eigenvalue weighted by Gasteiger charge is 2.18. The lowest BCUT2D eigenvalue weighted by atomic mass is 10.1. The molecule has 1 rings (SSSR count). The fourth-order valence-electron chi connectivity index (χ4n) is 1.62. The number of nitrogens with one attached hydrogen (secondary N) is 2. The molecule has 1 unspecified atom stereocenters. The second-order valence-electron chi connectivity index (χ2n) is 3.65. The molecule has 0 radical (unpaired) electrons. The lowest BCUT2D eigenvalue weighted by Gasteiger charge is -2.25. The molecule has 1 aliphatic rings. The van der Waals surface area contributed by atoms with Gasteiger partial charge in [-0.1, -0.05) is 0 Å². The van der Waals surface area contributed by atoms with Crippen molar-refractivity contribution in [2.75, 3.05) is 19.7 Å². The van der Waals surface area contributed by atoms with E-state index >= 15 is 0 Å². The van der Waals surface area contributed by atoms with Crippen molar-refractivity contribution in [2.45, 2.75) is 38.8 Å². The second-order valence-corrected chi connectivity index (χ2v) is 3.65. The zero-order chi connectivity index (χ0) is 10.4. The zero-order valence-electron chi connectivity index (χ0n) is 9.41. The average Bonchev–Trinajstić information content (AvgIpc) is 2.19. The first-order valence-electron chi connectivity index (χ1n) is 5.36. The van der Waals surface area contributed by atoms with Crippen molar-refractivity contribution < 1.29 is 9.53 Å². The molecule has 1 fully saturated rings. The maximum atomic E-state index is 11.5. The van der Waals surface area contributed by atoms with Gasteiger partial charge in [0.15, 0.2) is 0 Å². The van der Waals surface area contributed by atoms with Crippen molar-refractivity contribution in [2.24, 2.45) is 0 Å². The molecule has 5 heteroatoms. The Morgan fingerprint density at radius 1 is 1.67 bits per heavy atom. The summed E-state index contributed by atoms with van der Waals surface area (Å²) in [7, 11) is 0. The number of rotatable bonds is 4. The second kappa shape index (κ2) is 7.91. The van der Waals surface area contributed by atoms with Gasteiger partial charge in [-0.3, -0.25) is 4.79 Å². The third-order valence-electron chi connectivity index (χ3n) is 2.43. The number of carbonyl (C=O) groups is 1. The lowest BCUT2D eigenvalue weighted by molar-refractivity contribution is -0.132. The number of hydrogen-bond acceptors (Lipinski definition) is 3. The maximum Gasteiger partial charge on any atom is 0.249 e. The van der Waals surface area contributed by atoms with E-state index in [0.717, 1.165) is 25.9 Å². The number of carbonyl (C=O) groups excluding carboxylic acids is 1. The molecule has 0 saturated carbocycles. The van der Waals surface area contributed by atoms with Gasteiger partial charge in [-0.2, -0.15) is 0 Å². The highest BCUT2D eigenvalue weighted by atomic mass is 35.5. The molecule has 1 amide bonds. The first kappa shape index (κ1) is 14.7.